The highest BCUT2D eigenvalue weighted by Crippen LogP contribution is 2.13. The number of nitrogens with one attached hydrogen (secondary N) is 1. The lowest BCUT2D eigenvalue weighted by atomic mass is 10.1. The van der Waals surface area contributed by atoms with E-state index >= 15 is 0 Å². The molecule has 2 heterocycles. The minimum Gasteiger partial charge on any atom is -0.480 e. The number of piperazine rings is 2. The summed E-state index contributed by atoms with van der Waals surface area (Å²) >= 11 is 0. The molecule has 0 radical (unpaired) electrons. The number of carboxylic acids is 1. The molecule has 1 aromatic carbocycles. The number of amidine groups is 1. The fourth-order valence-electron chi connectivity index (χ4n) is 3.95. The molecule has 0 bridgehead atoms. The molecule has 0 aliphatic carbocycles. The molecule has 2 aliphatic rings. The predicted molar refractivity (Wildman–Crippen MR) is 116 cm³/mol. The van der Waals surface area contributed by atoms with Gasteiger partial charge < -0.3 is 25.4 Å². The number of benzene rings is 1. The van der Waals surface area contributed by atoms with E-state index < -0.39 is 18.1 Å². The first-order valence-electron chi connectivity index (χ1n) is 10.6. The van der Waals surface area contributed by atoms with Crippen molar-refractivity contribution < 1.29 is 24.2 Å². The zero-order valence-corrected chi connectivity index (χ0v) is 18.0. The zero-order chi connectivity index (χ0) is 23.1. The van der Waals surface area contributed by atoms with Crippen LogP contribution >= 0.6 is 0 Å². The van der Waals surface area contributed by atoms with Crippen molar-refractivity contribution in [1.29, 1.82) is 5.41 Å². The normalized spacial score (nSPS) is 18.8. The zero-order valence-electron chi connectivity index (χ0n) is 18.0. The Balaban J connectivity index is 1.49. The summed E-state index contributed by atoms with van der Waals surface area (Å²) in [6, 6.07) is 8.54. The van der Waals surface area contributed by atoms with Gasteiger partial charge >= 0.3 is 12.1 Å². The molecule has 11 heteroatoms. The fourth-order valence-corrected chi connectivity index (χ4v) is 3.95. The molecule has 1 atom stereocenters. The maximum Gasteiger partial charge on any atom is 0.410 e. The summed E-state index contributed by atoms with van der Waals surface area (Å²) in [5.41, 5.74) is 6.68. The van der Waals surface area contributed by atoms with Gasteiger partial charge in [0.2, 0.25) is 5.91 Å². The number of nitrogens with zero attached hydrogens (tertiary/aromatic N) is 4. The number of carboxylic acid groups (broad SMARTS) is 1. The van der Waals surface area contributed by atoms with Crippen molar-refractivity contribution in [1.82, 2.24) is 19.6 Å². The minimum absolute atomic E-state index is 0.0551. The summed E-state index contributed by atoms with van der Waals surface area (Å²) in [4.78, 5) is 43.1. The van der Waals surface area contributed by atoms with Gasteiger partial charge in [0.25, 0.3) is 0 Å². The second-order valence-electron chi connectivity index (χ2n) is 7.92. The van der Waals surface area contributed by atoms with E-state index in [0.29, 0.717) is 52.4 Å². The topological polar surface area (TPSA) is 143 Å². The first kappa shape index (κ1) is 23.5. The van der Waals surface area contributed by atoms with Crippen LogP contribution in [-0.2, 0) is 20.9 Å². The van der Waals surface area contributed by atoms with Gasteiger partial charge in [0.15, 0.2) is 0 Å². The van der Waals surface area contributed by atoms with E-state index in [1.807, 2.05) is 35.2 Å². The van der Waals surface area contributed by atoms with Crippen molar-refractivity contribution in [3.05, 3.63) is 35.9 Å². The van der Waals surface area contributed by atoms with Crippen molar-refractivity contribution in [2.24, 2.45) is 5.73 Å². The van der Waals surface area contributed by atoms with Crippen LogP contribution in [0.2, 0.25) is 0 Å². The second kappa shape index (κ2) is 10.9. The number of aliphatic carboxylic acids is 1. The van der Waals surface area contributed by atoms with Crippen molar-refractivity contribution in [3.8, 4) is 0 Å². The highest BCUT2D eigenvalue weighted by atomic mass is 16.6. The monoisotopic (exact) mass is 446 g/mol. The number of hydrogen-bond acceptors (Lipinski definition) is 7. The largest absolute Gasteiger partial charge is 0.480 e. The number of amides is 2. The van der Waals surface area contributed by atoms with Crippen LogP contribution in [0.1, 0.15) is 5.56 Å². The molecule has 2 aliphatic heterocycles. The van der Waals surface area contributed by atoms with Gasteiger partial charge in [-0.3, -0.25) is 24.8 Å². The van der Waals surface area contributed by atoms with Crippen molar-refractivity contribution in [3.63, 3.8) is 0 Å². The third-order valence-corrected chi connectivity index (χ3v) is 5.71. The lowest BCUT2D eigenvalue weighted by Crippen LogP contribution is -2.62. The van der Waals surface area contributed by atoms with Gasteiger partial charge in [0.05, 0.1) is 6.54 Å². The van der Waals surface area contributed by atoms with Crippen molar-refractivity contribution >= 4 is 23.8 Å². The van der Waals surface area contributed by atoms with Crippen LogP contribution in [0.5, 0.6) is 0 Å². The fraction of sp³-hybridized carbons (Fsp3) is 0.524. The molecule has 2 fully saturated rings. The Morgan fingerprint density at radius 2 is 1.56 bits per heavy atom. The lowest BCUT2D eigenvalue weighted by Gasteiger charge is -2.41. The van der Waals surface area contributed by atoms with Gasteiger partial charge in [-0.2, -0.15) is 0 Å². The van der Waals surface area contributed by atoms with E-state index in [4.69, 9.17) is 21.0 Å². The average Bonchev–Trinajstić information content (AvgIpc) is 2.78. The van der Waals surface area contributed by atoms with E-state index in [9.17, 15) is 14.4 Å². The summed E-state index contributed by atoms with van der Waals surface area (Å²) in [6.45, 7) is 3.39. The van der Waals surface area contributed by atoms with E-state index in [0.717, 1.165) is 5.56 Å². The molecule has 2 amide bonds. The van der Waals surface area contributed by atoms with Gasteiger partial charge in [0.1, 0.15) is 18.5 Å². The molecule has 3 rings (SSSR count). The third kappa shape index (κ3) is 6.17. The number of rotatable bonds is 7. The average molecular weight is 447 g/mol. The van der Waals surface area contributed by atoms with Gasteiger partial charge in [-0.25, -0.2) is 4.79 Å². The molecule has 1 unspecified atom stereocenters. The van der Waals surface area contributed by atoms with Gasteiger partial charge in [-0.15, -0.1) is 0 Å². The highest BCUT2D eigenvalue weighted by Gasteiger charge is 2.36. The molecule has 174 valence electrons. The first-order chi connectivity index (χ1) is 15.3. The smallest absolute Gasteiger partial charge is 0.410 e. The standard InChI is InChI=1S/C21H30N6O5/c22-19(23)18(20(30)26-8-6-24(7-9-26)14-17(28)29)25-10-12-27(13-11-25)21(31)32-15-16-4-2-1-3-5-16/h1-5,18H,6-15H2,(H3,22,23)(H,28,29). The molecule has 1 aromatic rings. The highest BCUT2D eigenvalue weighted by molar-refractivity contribution is 6.05. The van der Waals surface area contributed by atoms with E-state index in [2.05, 4.69) is 0 Å². The molecule has 32 heavy (non-hydrogen) atoms. The maximum absolute atomic E-state index is 13.1. The predicted octanol–water partition coefficient (Wildman–Crippen LogP) is -0.526. The summed E-state index contributed by atoms with van der Waals surface area (Å²) < 4.78 is 5.37. The van der Waals surface area contributed by atoms with Crippen LogP contribution < -0.4 is 5.73 Å². The first-order valence-corrected chi connectivity index (χ1v) is 10.6. The molecule has 4 N–H and O–H groups in total. The SMILES string of the molecule is N=C(N)C(C(=O)N1CCN(CC(=O)O)CC1)N1CCN(C(=O)OCc2ccccc2)CC1. The summed E-state index contributed by atoms with van der Waals surface area (Å²) in [7, 11) is 0. The van der Waals surface area contributed by atoms with Crippen LogP contribution in [0, 0.1) is 5.41 Å². The van der Waals surface area contributed by atoms with E-state index in [-0.39, 0.29) is 24.9 Å². The minimum atomic E-state index is -0.897. The van der Waals surface area contributed by atoms with Crippen molar-refractivity contribution in [2.75, 3.05) is 58.9 Å². The lowest BCUT2D eigenvalue weighted by molar-refractivity contribution is -0.140. The molecule has 11 nitrogen and oxygen atoms in total. The van der Waals surface area contributed by atoms with Crippen LogP contribution in [0.25, 0.3) is 0 Å². The summed E-state index contributed by atoms with van der Waals surface area (Å²) in [5, 5.41) is 16.9. The van der Waals surface area contributed by atoms with Crippen LogP contribution in [0.4, 0.5) is 4.79 Å². The second-order valence-corrected chi connectivity index (χ2v) is 7.92. The van der Waals surface area contributed by atoms with Crippen molar-refractivity contribution in [2.45, 2.75) is 12.6 Å². The van der Waals surface area contributed by atoms with E-state index in [1.54, 1.807) is 14.7 Å². The Hall–Kier alpha value is -3.18. The summed E-state index contributed by atoms with van der Waals surface area (Å²) in [5.74, 6) is -1.39. The molecule has 0 aromatic heterocycles. The van der Waals surface area contributed by atoms with Crippen LogP contribution in [0.15, 0.2) is 30.3 Å². The summed E-state index contributed by atoms with van der Waals surface area (Å²) in [6.07, 6.45) is -0.409. The maximum atomic E-state index is 13.1. The van der Waals surface area contributed by atoms with Gasteiger partial charge in [-0.05, 0) is 5.56 Å². The van der Waals surface area contributed by atoms with E-state index in [1.165, 1.54) is 0 Å². The quantitative estimate of drug-likeness (QED) is 0.375. The molecule has 0 saturated carbocycles. The number of carbonyl (C=O) groups is 3. The molecular formula is C21H30N6O5. The van der Waals surface area contributed by atoms with Gasteiger partial charge in [0, 0.05) is 52.4 Å². The third-order valence-electron chi connectivity index (χ3n) is 5.71. The number of nitrogens with two attached hydrogens (primary N) is 1. The molecule has 0 spiro atoms. The Morgan fingerprint density at radius 3 is 2.12 bits per heavy atom. The number of carbonyl (C=O) groups excluding carboxylic acids is 2. The molecular weight excluding hydrogens is 416 g/mol. The number of hydrogen-bond donors (Lipinski definition) is 3. The Morgan fingerprint density at radius 1 is 0.969 bits per heavy atom. The Bertz CT molecular complexity index is 819. The number of ether oxygens (including phenoxy) is 1. The molecule has 2 saturated heterocycles. The van der Waals surface area contributed by atoms with Crippen LogP contribution in [0.3, 0.4) is 0 Å². The van der Waals surface area contributed by atoms with Gasteiger partial charge in [-0.1, -0.05) is 30.3 Å². The Kier molecular flexibility index (Phi) is 8.01. The van der Waals surface area contributed by atoms with Crippen LogP contribution in [-0.4, -0.2) is 113 Å². The Labute approximate surface area is 186 Å².